The molecule has 0 fully saturated rings. The molecular formula is C10H9BrF2O2. The maximum atomic E-state index is 13.6. The van der Waals surface area contributed by atoms with Crippen LogP contribution in [0.5, 0.6) is 5.75 Å². The first kappa shape index (κ1) is 12.1. The smallest absolute Gasteiger partial charge is 0.147 e. The third kappa shape index (κ3) is 2.53. The molecule has 0 atom stereocenters. The Morgan fingerprint density at radius 2 is 2.20 bits per heavy atom. The molecule has 2 nitrogen and oxygen atoms in total. The molecule has 0 aliphatic rings. The van der Waals surface area contributed by atoms with E-state index in [4.69, 9.17) is 4.74 Å². The van der Waals surface area contributed by atoms with Crippen LogP contribution < -0.4 is 4.74 Å². The van der Waals surface area contributed by atoms with Crippen molar-refractivity contribution in [2.24, 2.45) is 0 Å². The molecular weight excluding hydrogens is 270 g/mol. The molecule has 82 valence electrons. The summed E-state index contributed by atoms with van der Waals surface area (Å²) in [7, 11) is 1.32. The fraction of sp³-hybridized carbons (Fsp3) is 0.300. The normalized spacial score (nSPS) is 10.1. The predicted molar refractivity (Wildman–Crippen MR) is 55.0 cm³/mol. The van der Waals surface area contributed by atoms with Gasteiger partial charge < -0.3 is 9.53 Å². The second-order valence-electron chi connectivity index (χ2n) is 2.87. The Morgan fingerprint density at radius 3 is 2.73 bits per heavy atom. The van der Waals surface area contributed by atoms with Gasteiger partial charge in [-0.05, 0) is 22.4 Å². The molecule has 0 aliphatic heterocycles. The van der Waals surface area contributed by atoms with Gasteiger partial charge in [-0.2, -0.15) is 0 Å². The van der Waals surface area contributed by atoms with E-state index in [9.17, 15) is 13.6 Å². The van der Waals surface area contributed by atoms with Crippen LogP contribution in [-0.2, 0) is 11.2 Å². The van der Waals surface area contributed by atoms with Crippen molar-refractivity contribution in [2.45, 2.75) is 12.8 Å². The summed E-state index contributed by atoms with van der Waals surface area (Å²) < 4.78 is 31.7. The molecule has 1 aromatic carbocycles. The van der Waals surface area contributed by atoms with E-state index in [1.54, 1.807) is 0 Å². The lowest BCUT2D eigenvalue weighted by Crippen LogP contribution is -2.00. The van der Waals surface area contributed by atoms with Crippen LogP contribution in [0.2, 0.25) is 0 Å². The molecule has 1 aromatic rings. The third-order valence-electron chi connectivity index (χ3n) is 1.95. The molecule has 0 radical (unpaired) electrons. The third-order valence-corrected chi connectivity index (χ3v) is 2.69. The van der Waals surface area contributed by atoms with Crippen molar-refractivity contribution in [3.8, 4) is 5.75 Å². The number of benzene rings is 1. The lowest BCUT2D eigenvalue weighted by molar-refractivity contribution is -0.107. The fourth-order valence-electron chi connectivity index (χ4n) is 1.19. The van der Waals surface area contributed by atoms with Gasteiger partial charge in [0, 0.05) is 18.1 Å². The number of carbonyl (C=O) groups is 1. The van der Waals surface area contributed by atoms with Crippen LogP contribution in [0.1, 0.15) is 12.0 Å². The van der Waals surface area contributed by atoms with Crippen molar-refractivity contribution in [1.29, 1.82) is 0 Å². The highest BCUT2D eigenvalue weighted by Crippen LogP contribution is 2.32. The Hall–Kier alpha value is -0.970. The van der Waals surface area contributed by atoms with E-state index in [0.717, 1.165) is 6.07 Å². The first-order valence-electron chi connectivity index (χ1n) is 4.25. The van der Waals surface area contributed by atoms with Gasteiger partial charge in [-0.15, -0.1) is 0 Å². The fourth-order valence-corrected chi connectivity index (χ4v) is 1.71. The summed E-state index contributed by atoms with van der Waals surface area (Å²) in [4.78, 5) is 10.1. The highest BCUT2D eigenvalue weighted by atomic mass is 79.9. The van der Waals surface area contributed by atoms with Crippen molar-refractivity contribution in [3.63, 3.8) is 0 Å². The molecule has 0 aliphatic carbocycles. The van der Waals surface area contributed by atoms with Crippen LogP contribution in [0.25, 0.3) is 0 Å². The minimum atomic E-state index is -0.714. The summed E-state index contributed by atoms with van der Waals surface area (Å²) in [5.74, 6) is -1.32. The zero-order chi connectivity index (χ0) is 11.4. The molecule has 0 unspecified atom stereocenters. The highest BCUT2D eigenvalue weighted by Gasteiger charge is 2.16. The monoisotopic (exact) mass is 278 g/mol. The highest BCUT2D eigenvalue weighted by molar-refractivity contribution is 9.10. The topological polar surface area (TPSA) is 26.3 Å². The number of carbonyl (C=O) groups excluding carboxylic acids is 1. The van der Waals surface area contributed by atoms with Gasteiger partial charge in [0.15, 0.2) is 0 Å². The summed E-state index contributed by atoms with van der Waals surface area (Å²) >= 11 is 2.96. The molecule has 5 heteroatoms. The van der Waals surface area contributed by atoms with Crippen molar-refractivity contribution in [1.82, 2.24) is 0 Å². The second kappa shape index (κ2) is 5.21. The number of aldehydes is 1. The predicted octanol–water partition coefficient (Wildman–Crippen LogP) is 2.87. The van der Waals surface area contributed by atoms with Crippen LogP contribution in [0.15, 0.2) is 10.5 Å². The maximum absolute atomic E-state index is 13.6. The standard InChI is InChI=1S/C10H9BrF2O2/c1-15-8-5-7(12)6(3-2-4-14)10(13)9(8)11/h4-5H,2-3H2,1H3. The van der Waals surface area contributed by atoms with Gasteiger partial charge in [-0.1, -0.05) is 0 Å². The Labute approximate surface area is 94.4 Å². The Morgan fingerprint density at radius 1 is 1.53 bits per heavy atom. The summed E-state index contributed by atoms with van der Waals surface area (Å²) in [5, 5.41) is 0. The molecule has 0 saturated carbocycles. The van der Waals surface area contributed by atoms with Gasteiger partial charge in [0.2, 0.25) is 0 Å². The van der Waals surface area contributed by atoms with E-state index in [1.165, 1.54) is 7.11 Å². The summed E-state index contributed by atoms with van der Waals surface area (Å²) in [5.41, 5.74) is -0.102. The van der Waals surface area contributed by atoms with Gasteiger partial charge >= 0.3 is 0 Å². The quantitative estimate of drug-likeness (QED) is 0.625. The number of rotatable bonds is 4. The van der Waals surface area contributed by atoms with Crippen LogP contribution in [0, 0.1) is 11.6 Å². The van der Waals surface area contributed by atoms with Gasteiger partial charge in [0.05, 0.1) is 11.6 Å². The molecule has 0 spiro atoms. The summed E-state index contributed by atoms with van der Waals surface area (Å²) in [6.45, 7) is 0. The van der Waals surface area contributed by atoms with Crippen LogP contribution in [0.4, 0.5) is 8.78 Å². The van der Waals surface area contributed by atoms with Gasteiger partial charge in [-0.25, -0.2) is 8.78 Å². The van der Waals surface area contributed by atoms with Crippen molar-refractivity contribution in [3.05, 3.63) is 27.7 Å². The summed E-state index contributed by atoms with van der Waals surface area (Å²) in [6, 6.07) is 1.09. The van der Waals surface area contributed by atoms with Crippen LogP contribution in [-0.4, -0.2) is 13.4 Å². The van der Waals surface area contributed by atoms with Gasteiger partial charge in [-0.3, -0.25) is 0 Å². The zero-order valence-corrected chi connectivity index (χ0v) is 9.61. The Bertz CT molecular complexity index is 380. The number of methoxy groups -OCH3 is 1. The van der Waals surface area contributed by atoms with Gasteiger partial charge in [0.25, 0.3) is 0 Å². The van der Waals surface area contributed by atoms with E-state index in [0.29, 0.717) is 6.29 Å². The van der Waals surface area contributed by atoms with Crippen molar-refractivity contribution >= 4 is 22.2 Å². The first-order valence-corrected chi connectivity index (χ1v) is 5.05. The van der Waals surface area contributed by atoms with Crippen molar-refractivity contribution in [2.75, 3.05) is 7.11 Å². The summed E-state index contributed by atoms with van der Waals surface area (Å²) in [6.07, 6.45) is 0.757. The average molecular weight is 279 g/mol. The molecule has 0 amide bonds. The molecule has 0 N–H and O–H groups in total. The lowest BCUT2D eigenvalue weighted by Gasteiger charge is -2.09. The maximum Gasteiger partial charge on any atom is 0.147 e. The largest absolute Gasteiger partial charge is 0.495 e. The molecule has 15 heavy (non-hydrogen) atoms. The van der Waals surface area contributed by atoms with E-state index in [-0.39, 0.29) is 28.6 Å². The minimum Gasteiger partial charge on any atom is -0.495 e. The van der Waals surface area contributed by atoms with E-state index >= 15 is 0 Å². The van der Waals surface area contributed by atoms with E-state index < -0.39 is 11.6 Å². The Kier molecular flexibility index (Phi) is 4.20. The number of halogens is 3. The van der Waals surface area contributed by atoms with Crippen LogP contribution >= 0.6 is 15.9 Å². The minimum absolute atomic E-state index is 0.0454. The number of hydrogen-bond acceptors (Lipinski definition) is 2. The molecule has 0 bridgehead atoms. The zero-order valence-electron chi connectivity index (χ0n) is 8.02. The van der Waals surface area contributed by atoms with Crippen molar-refractivity contribution < 1.29 is 18.3 Å². The van der Waals surface area contributed by atoms with Gasteiger partial charge in [0.1, 0.15) is 23.7 Å². The SMILES string of the molecule is COc1cc(F)c(CCC=O)c(F)c1Br. The van der Waals surface area contributed by atoms with E-state index in [1.807, 2.05) is 0 Å². The lowest BCUT2D eigenvalue weighted by atomic mass is 10.1. The first-order chi connectivity index (χ1) is 7.11. The number of ether oxygens (including phenoxy) is 1. The molecule has 1 rings (SSSR count). The average Bonchev–Trinajstić information content (AvgIpc) is 2.23. The number of hydrogen-bond donors (Lipinski definition) is 0. The second-order valence-corrected chi connectivity index (χ2v) is 3.67. The van der Waals surface area contributed by atoms with E-state index in [2.05, 4.69) is 15.9 Å². The molecule has 0 saturated heterocycles. The Balaban J connectivity index is 3.16. The van der Waals surface area contributed by atoms with Crippen LogP contribution in [0.3, 0.4) is 0 Å². The molecule has 0 heterocycles. The molecule has 0 aromatic heterocycles.